The van der Waals surface area contributed by atoms with Crippen LogP contribution in [0.2, 0.25) is 0 Å². The molecule has 0 bridgehead atoms. The number of hydrogen-bond donors (Lipinski definition) is 3. The predicted molar refractivity (Wildman–Crippen MR) is 74.3 cm³/mol. The van der Waals surface area contributed by atoms with Gasteiger partial charge >= 0.3 is 12.2 Å². The molecular weight excluding hydrogens is 301 g/mol. The molecule has 0 fully saturated rings. The van der Waals surface area contributed by atoms with Crippen molar-refractivity contribution >= 4 is 6.03 Å². The van der Waals surface area contributed by atoms with Crippen LogP contribution in [0.25, 0.3) is 0 Å². The van der Waals surface area contributed by atoms with Gasteiger partial charge in [0.05, 0.1) is 5.69 Å². The fourth-order valence-corrected chi connectivity index (χ4v) is 2.01. The highest BCUT2D eigenvalue weighted by Crippen LogP contribution is 2.21. The van der Waals surface area contributed by atoms with Gasteiger partial charge in [-0.25, -0.2) is 4.79 Å². The van der Waals surface area contributed by atoms with Crippen LogP contribution in [-0.4, -0.2) is 39.7 Å². The summed E-state index contributed by atoms with van der Waals surface area (Å²) in [7, 11) is 0. The predicted octanol–water partition coefficient (Wildman–Crippen LogP) is 1.63. The second-order valence-corrected chi connectivity index (χ2v) is 4.92. The molecule has 0 saturated heterocycles. The number of rotatable bonds is 6. The van der Waals surface area contributed by atoms with Crippen molar-refractivity contribution in [1.82, 2.24) is 20.4 Å². The molecule has 1 aromatic rings. The van der Waals surface area contributed by atoms with Crippen LogP contribution in [0.5, 0.6) is 0 Å². The van der Waals surface area contributed by atoms with Crippen LogP contribution in [0.1, 0.15) is 30.3 Å². The van der Waals surface area contributed by atoms with Crippen molar-refractivity contribution in [1.29, 1.82) is 0 Å². The molecule has 0 radical (unpaired) electrons. The van der Waals surface area contributed by atoms with Crippen molar-refractivity contribution in [3.63, 3.8) is 0 Å². The van der Waals surface area contributed by atoms with Crippen LogP contribution in [0.3, 0.4) is 0 Å². The Hall–Kier alpha value is -1.77. The summed E-state index contributed by atoms with van der Waals surface area (Å²) >= 11 is 0. The Kier molecular flexibility index (Phi) is 6.21. The van der Waals surface area contributed by atoms with Gasteiger partial charge < -0.3 is 15.7 Å². The maximum absolute atomic E-state index is 12.1. The topological polar surface area (TPSA) is 79.2 Å². The first-order chi connectivity index (χ1) is 10.2. The zero-order valence-electron chi connectivity index (χ0n) is 12.8. The molecular formula is C13H21F3N4O2. The summed E-state index contributed by atoms with van der Waals surface area (Å²) in [5, 5.41) is 17.9. The van der Waals surface area contributed by atoms with Crippen molar-refractivity contribution in [2.45, 2.75) is 52.6 Å². The van der Waals surface area contributed by atoms with Crippen molar-refractivity contribution in [3.8, 4) is 0 Å². The number of carbonyl (C=O) groups is 1. The van der Waals surface area contributed by atoms with Crippen LogP contribution in [-0.2, 0) is 13.1 Å². The Morgan fingerprint density at radius 3 is 2.50 bits per heavy atom. The molecule has 0 spiro atoms. The number of aromatic nitrogens is 2. The van der Waals surface area contributed by atoms with Crippen LogP contribution in [0.15, 0.2) is 0 Å². The minimum Gasteiger partial charge on any atom is -0.384 e. The second kappa shape index (κ2) is 7.48. The number of alkyl halides is 3. The number of urea groups is 1. The van der Waals surface area contributed by atoms with Gasteiger partial charge in [-0.1, -0.05) is 0 Å². The number of halogens is 3. The maximum atomic E-state index is 12.1. The Balaban J connectivity index is 2.40. The summed E-state index contributed by atoms with van der Waals surface area (Å²) in [5.74, 6) is 0. The van der Waals surface area contributed by atoms with E-state index in [1.807, 2.05) is 25.5 Å². The molecule has 1 atom stereocenters. The molecule has 126 valence electrons. The van der Waals surface area contributed by atoms with E-state index in [9.17, 15) is 18.0 Å². The molecule has 2 amide bonds. The molecule has 0 aliphatic rings. The van der Waals surface area contributed by atoms with Gasteiger partial charge in [-0.05, 0) is 27.2 Å². The van der Waals surface area contributed by atoms with Crippen LogP contribution in [0.4, 0.5) is 18.0 Å². The lowest BCUT2D eigenvalue weighted by molar-refractivity contribution is -0.204. The fraction of sp³-hybridized carbons (Fsp3) is 0.692. The molecule has 0 aromatic carbocycles. The normalized spacial score (nSPS) is 13.0. The third-order valence-electron chi connectivity index (χ3n) is 3.34. The first-order valence-electron chi connectivity index (χ1n) is 6.96. The van der Waals surface area contributed by atoms with Crippen molar-refractivity contribution < 1.29 is 23.1 Å². The average molecular weight is 322 g/mol. The van der Waals surface area contributed by atoms with E-state index in [2.05, 4.69) is 15.7 Å². The number of nitrogens with zero attached hydrogens (tertiary/aromatic N) is 2. The Bertz CT molecular complexity index is 514. The number of carbonyl (C=O) groups excluding carboxylic acids is 1. The summed E-state index contributed by atoms with van der Waals surface area (Å²) in [4.78, 5) is 11.5. The monoisotopic (exact) mass is 322 g/mol. The lowest BCUT2D eigenvalue weighted by Crippen LogP contribution is -2.38. The summed E-state index contributed by atoms with van der Waals surface area (Å²) in [5.41, 5.74) is 2.62. The molecule has 0 saturated carbocycles. The number of aryl methyl sites for hydroxylation is 2. The molecule has 22 heavy (non-hydrogen) atoms. The third kappa shape index (κ3) is 4.90. The summed E-state index contributed by atoms with van der Waals surface area (Å²) < 4.78 is 38.0. The fourth-order valence-electron chi connectivity index (χ4n) is 2.01. The molecule has 1 heterocycles. The summed E-state index contributed by atoms with van der Waals surface area (Å²) in [6.07, 6.45) is -7.68. The largest absolute Gasteiger partial charge is 0.414 e. The van der Waals surface area contributed by atoms with Gasteiger partial charge in [-0.15, -0.1) is 0 Å². The summed E-state index contributed by atoms with van der Waals surface area (Å²) in [6, 6.07) is -0.586. The van der Waals surface area contributed by atoms with E-state index in [0.717, 1.165) is 17.0 Å². The van der Waals surface area contributed by atoms with E-state index in [4.69, 9.17) is 5.11 Å². The average Bonchev–Trinajstić information content (AvgIpc) is 2.70. The second-order valence-electron chi connectivity index (χ2n) is 4.92. The third-order valence-corrected chi connectivity index (χ3v) is 3.34. The highest BCUT2D eigenvalue weighted by atomic mass is 19.4. The van der Waals surface area contributed by atoms with Gasteiger partial charge in [-0.3, -0.25) is 4.68 Å². The SMILES string of the molecule is CCn1nc(C)c(CNC(=O)NCCC(O)C(F)(F)F)c1C. The van der Waals surface area contributed by atoms with E-state index in [1.165, 1.54) is 0 Å². The lowest BCUT2D eigenvalue weighted by atomic mass is 10.2. The van der Waals surface area contributed by atoms with E-state index in [1.54, 1.807) is 0 Å². The zero-order chi connectivity index (χ0) is 16.9. The summed E-state index contributed by atoms with van der Waals surface area (Å²) in [6.45, 7) is 6.36. The minimum atomic E-state index is -4.67. The molecule has 3 N–H and O–H groups in total. The van der Waals surface area contributed by atoms with E-state index < -0.39 is 24.7 Å². The van der Waals surface area contributed by atoms with Gasteiger partial charge in [0.25, 0.3) is 0 Å². The van der Waals surface area contributed by atoms with Crippen molar-refractivity contribution in [2.24, 2.45) is 0 Å². The minimum absolute atomic E-state index is 0.241. The van der Waals surface area contributed by atoms with Crippen molar-refractivity contribution in [3.05, 3.63) is 17.0 Å². The Labute approximate surface area is 126 Å². The molecule has 1 aromatic heterocycles. The van der Waals surface area contributed by atoms with Crippen LogP contribution < -0.4 is 10.6 Å². The molecule has 0 aliphatic heterocycles. The van der Waals surface area contributed by atoms with Gasteiger partial charge in [0, 0.05) is 30.9 Å². The van der Waals surface area contributed by atoms with Gasteiger partial charge in [0.2, 0.25) is 0 Å². The Morgan fingerprint density at radius 1 is 1.36 bits per heavy atom. The smallest absolute Gasteiger partial charge is 0.384 e. The lowest BCUT2D eigenvalue weighted by Gasteiger charge is -2.14. The van der Waals surface area contributed by atoms with Gasteiger partial charge in [0.15, 0.2) is 6.10 Å². The highest BCUT2D eigenvalue weighted by Gasteiger charge is 2.37. The number of nitrogens with one attached hydrogen (secondary N) is 2. The first-order valence-corrected chi connectivity index (χ1v) is 6.96. The number of aliphatic hydroxyl groups is 1. The van der Waals surface area contributed by atoms with E-state index in [-0.39, 0.29) is 13.1 Å². The molecule has 0 aliphatic carbocycles. The van der Waals surface area contributed by atoms with Gasteiger partial charge in [-0.2, -0.15) is 18.3 Å². The van der Waals surface area contributed by atoms with Crippen LogP contribution >= 0.6 is 0 Å². The number of aliphatic hydroxyl groups excluding tert-OH is 1. The standard InChI is InChI=1S/C13H21F3N4O2/c1-4-20-9(3)10(8(2)19-20)7-18-12(22)17-6-5-11(21)13(14,15)16/h11,21H,4-7H2,1-3H3,(H2,17,18,22). The highest BCUT2D eigenvalue weighted by molar-refractivity contribution is 5.73. The van der Waals surface area contributed by atoms with Crippen molar-refractivity contribution in [2.75, 3.05) is 6.54 Å². The Morgan fingerprint density at radius 2 is 2.00 bits per heavy atom. The van der Waals surface area contributed by atoms with E-state index >= 15 is 0 Å². The van der Waals surface area contributed by atoms with E-state index in [0.29, 0.717) is 6.54 Å². The van der Waals surface area contributed by atoms with Gasteiger partial charge in [0.1, 0.15) is 0 Å². The number of hydrogen-bond acceptors (Lipinski definition) is 3. The quantitative estimate of drug-likeness (QED) is 0.745. The molecule has 1 unspecified atom stereocenters. The zero-order valence-corrected chi connectivity index (χ0v) is 12.8. The molecule has 1 rings (SSSR count). The number of amides is 2. The molecule has 6 nitrogen and oxygen atoms in total. The molecule has 9 heteroatoms. The van der Waals surface area contributed by atoms with Crippen LogP contribution in [0, 0.1) is 13.8 Å². The maximum Gasteiger partial charge on any atom is 0.414 e. The first kappa shape index (κ1) is 18.3.